The van der Waals surface area contributed by atoms with Gasteiger partial charge in [-0.25, -0.2) is 9.97 Å². The normalized spacial score (nSPS) is 11.2. The lowest BCUT2D eigenvalue weighted by Gasteiger charge is -2.03. The van der Waals surface area contributed by atoms with E-state index in [1.54, 1.807) is 13.3 Å². The van der Waals surface area contributed by atoms with Crippen LogP contribution in [0.5, 0.6) is 5.75 Å². The van der Waals surface area contributed by atoms with Gasteiger partial charge < -0.3 is 14.7 Å². The highest BCUT2D eigenvalue weighted by Gasteiger charge is 2.13. The Hall–Kier alpha value is -3.86. The summed E-state index contributed by atoms with van der Waals surface area (Å²) in [6, 6.07) is 16.2. The van der Waals surface area contributed by atoms with Gasteiger partial charge in [-0.3, -0.25) is 0 Å². The molecule has 0 saturated heterocycles. The standard InChI is InChI=1S/C23H18N4O/c1-3-14-5-4-6-15(9-14)21-13-25-23-22(27-21)18(12-24-23)20-10-16-7-8-17(28-2)11-19(16)26-20/h3-13,26H,1H2,2H3,(H,24,25). The lowest BCUT2D eigenvalue weighted by molar-refractivity contribution is 0.415. The maximum atomic E-state index is 5.32. The topological polar surface area (TPSA) is 66.6 Å². The second kappa shape index (κ2) is 6.39. The second-order valence-electron chi connectivity index (χ2n) is 6.62. The molecule has 0 atom stereocenters. The minimum absolute atomic E-state index is 0.759. The summed E-state index contributed by atoms with van der Waals surface area (Å²) in [5.41, 5.74) is 7.48. The van der Waals surface area contributed by atoms with Crippen LogP contribution in [-0.4, -0.2) is 27.0 Å². The summed E-state index contributed by atoms with van der Waals surface area (Å²) >= 11 is 0. The van der Waals surface area contributed by atoms with Crippen molar-refractivity contribution >= 4 is 28.1 Å². The average molecular weight is 366 g/mol. The first-order chi connectivity index (χ1) is 13.7. The van der Waals surface area contributed by atoms with Crippen molar-refractivity contribution in [2.45, 2.75) is 0 Å². The van der Waals surface area contributed by atoms with Crippen LogP contribution in [0.3, 0.4) is 0 Å². The third-order valence-corrected chi connectivity index (χ3v) is 4.92. The molecule has 0 amide bonds. The van der Waals surface area contributed by atoms with Gasteiger partial charge in [0.15, 0.2) is 5.65 Å². The van der Waals surface area contributed by atoms with Crippen LogP contribution >= 0.6 is 0 Å². The van der Waals surface area contributed by atoms with Gasteiger partial charge in [0.05, 0.1) is 24.7 Å². The van der Waals surface area contributed by atoms with Crippen molar-refractivity contribution in [2.75, 3.05) is 7.11 Å². The van der Waals surface area contributed by atoms with Crippen molar-refractivity contribution in [1.82, 2.24) is 19.9 Å². The van der Waals surface area contributed by atoms with Crippen molar-refractivity contribution in [3.05, 3.63) is 73.1 Å². The maximum Gasteiger partial charge on any atom is 0.156 e. The Balaban J connectivity index is 1.65. The molecule has 0 radical (unpaired) electrons. The van der Waals surface area contributed by atoms with Crippen molar-refractivity contribution in [3.63, 3.8) is 0 Å². The van der Waals surface area contributed by atoms with Crippen LogP contribution in [-0.2, 0) is 0 Å². The van der Waals surface area contributed by atoms with Gasteiger partial charge in [0.2, 0.25) is 0 Å². The SMILES string of the molecule is C=Cc1cccc(-c2cnc3[nH]cc(-c4cc5ccc(OC)cc5[nH]4)c3n2)c1. The second-order valence-corrected chi connectivity index (χ2v) is 6.62. The molecular weight excluding hydrogens is 348 g/mol. The van der Waals surface area contributed by atoms with Gasteiger partial charge in [0, 0.05) is 34.3 Å². The van der Waals surface area contributed by atoms with E-state index in [1.807, 2.05) is 48.7 Å². The van der Waals surface area contributed by atoms with Gasteiger partial charge in [0.25, 0.3) is 0 Å². The minimum Gasteiger partial charge on any atom is -0.497 e. The molecule has 0 spiro atoms. The van der Waals surface area contributed by atoms with E-state index in [-0.39, 0.29) is 0 Å². The number of rotatable bonds is 4. The Kier molecular flexibility index (Phi) is 3.72. The van der Waals surface area contributed by atoms with E-state index in [0.717, 1.165) is 55.9 Å². The summed E-state index contributed by atoms with van der Waals surface area (Å²) in [4.78, 5) is 16.1. The number of aromatic nitrogens is 4. The largest absolute Gasteiger partial charge is 0.497 e. The molecule has 0 bridgehead atoms. The molecule has 5 nitrogen and oxygen atoms in total. The summed E-state index contributed by atoms with van der Waals surface area (Å²) in [6.07, 6.45) is 5.56. The fourth-order valence-electron chi connectivity index (χ4n) is 3.44. The molecule has 0 fully saturated rings. The zero-order valence-corrected chi connectivity index (χ0v) is 15.4. The van der Waals surface area contributed by atoms with E-state index in [9.17, 15) is 0 Å². The predicted molar refractivity (Wildman–Crippen MR) is 113 cm³/mol. The third kappa shape index (κ3) is 2.65. The number of H-pyrrole nitrogens is 2. The lowest BCUT2D eigenvalue weighted by Crippen LogP contribution is -1.89. The molecule has 3 heterocycles. The Morgan fingerprint density at radius 2 is 2.04 bits per heavy atom. The number of hydrogen-bond donors (Lipinski definition) is 2. The fraction of sp³-hybridized carbons (Fsp3) is 0.0435. The summed E-state index contributed by atoms with van der Waals surface area (Å²) in [5, 5.41) is 1.12. The van der Waals surface area contributed by atoms with Gasteiger partial charge in [-0.2, -0.15) is 0 Å². The van der Waals surface area contributed by atoms with E-state index in [1.165, 1.54) is 0 Å². The Morgan fingerprint density at radius 3 is 2.89 bits per heavy atom. The van der Waals surface area contributed by atoms with Crippen LogP contribution in [0.2, 0.25) is 0 Å². The number of methoxy groups -OCH3 is 1. The summed E-state index contributed by atoms with van der Waals surface area (Å²) in [5.74, 6) is 0.823. The minimum atomic E-state index is 0.759. The van der Waals surface area contributed by atoms with Gasteiger partial charge >= 0.3 is 0 Å². The molecule has 5 heteroatoms. The first kappa shape index (κ1) is 16.3. The van der Waals surface area contributed by atoms with E-state index >= 15 is 0 Å². The lowest BCUT2D eigenvalue weighted by atomic mass is 10.1. The number of hydrogen-bond acceptors (Lipinski definition) is 3. The third-order valence-electron chi connectivity index (χ3n) is 4.92. The molecule has 0 unspecified atom stereocenters. The number of ether oxygens (including phenoxy) is 1. The average Bonchev–Trinajstić information content (AvgIpc) is 3.36. The first-order valence-corrected chi connectivity index (χ1v) is 8.99. The number of nitrogens with one attached hydrogen (secondary N) is 2. The van der Waals surface area contributed by atoms with Gasteiger partial charge in [-0.05, 0) is 29.8 Å². The summed E-state index contributed by atoms with van der Waals surface area (Å²) in [7, 11) is 1.67. The number of nitrogens with zero attached hydrogens (tertiary/aromatic N) is 2. The maximum absolute atomic E-state index is 5.32. The molecule has 5 rings (SSSR count). The van der Waals surface area contributed by atoms with E-state index in [0.29, 0.717) is 0 Å². The summed E-state index contributed by atoms with van der Waals surface area (Å²) < 4.78 is 5.32. The molecule has 5 aromatic rings. The zero-order valence-electron chi connectivity index (χ0n) is 15.4. The van der Waals surface area contributed by atoms with Gasteiger partial charge in [0.1, 0.15) is 11.3 Å². The van der Waals surface area contributed by atoms with Crippen LogP contribution in [0, 0.1) is 0 Å². The summed E-state index contributed by atoms with van der Waals surface area (Å²) in [6.45, 7) is 3.84. The van der Waals surface area contributed by atoms with Crippen molar-refractivity contribution in [1.29, 1.82) is 0 Å². The Morgan fingerprint density at radius 1 is 1.11 bits per heavy atom. The predicted octanol–water partition coefficient (Wildman–Crippen LogP) is 5.42. The number of fused-ring (bicyclic) bond motifs is 2. The Labute approximate surface area is 161 Å². The highest BCUT2D eigenvalue weighted by Crippen LogP contribution is 2.31. The number of aromatic amines is 2. The molecule has 0 saturated carbocycles. The van der Waals surface area contributed by atoms with E-state index < -0.39 is 0 Å². The van der Waals surface area contributed by atoms with E-state index in [2.05, 4.69) is 33.7 Å². The van der Waals surface area contributed by atoms with Crippen LogP contribution in [0.15, 0.2) is 67.5 Å². The molecule has 0 aliphatic carbocycles. The van der Waals surface area contributed by atoms with Crippen LogP contribution in [0.25, 0.3) is 50.7 Å². The molecular formula is C23H18N4O. The van der Waals surface area contributed by atoms with Crippen molar-refractivity contribution in [3.8, 4) is 28.3 Å². The van der Waals surface area contributed by atoms with Gasteiger partial charge in [-0.1, -0.05) is 30.9 Å². The molecule has 2 aromatic carbocycles. The molecule has 3 aromatic heterocycles. The van der Waals surface area contributed by atoms with Gasteiger partial charge in [-0.15, -0.1) is 0 Å². The van der Waals surface area contributed by atoms with Crippen LogP contribution < -0.4 is 4.74 Å². The zero-order chi connectivity index (χ0) is 19.1. The smallest absolute Gasteiger partial charge is 0.156 e. The quantitative estimate of drug-likeness (QED) is 0.446. The highest BCUT2D eigenvalue weighted by molar-refractivity contribution is 5.95. The number of benzene rings is 2. The molecule has 136 valence electrons. The first-order valence-electron chi connectivity index (χ1n) is 8.99. The monoisotopic (exact) mass is 366 g/mol. The molecule has 0 aliphatic rings. The molecule has 28 heavy (non-hydrogen) atoms. The van der Waals surface area contributed by atoms with Crippen molar-refractivity contribution in [2.24, 2.45) is 0 Å². The van der Waals surface area contributed by atoms with Crippen LogP contribution in [0.1, 0.15) is 5.56 Å². The molecule has 2 N–H and O–H groups in total. The van der Waals surface area contributed by atoms with Crippen molar-refractivity contribution < 1.29 is 4.74 Å². The fourth-order valence-corrected chi connectivity index (χ4v) is 3.44. The molecule has 0 aliphatic heterocycles. The van der Waals surface area contributed by atoms with Crippen LogP contribution in [0.4, 0.5) is 0 Å². The highest BCUT2D eigenvalue weighted by atomic mass is 16.5. The van der Waals surface area contributed by atoms with E-state index in [4.69, 9.17) is 9.72 Å². The Bertz CT molecular complexity index is 1330.